The molecule has 20 heavy (non-hydrogen) atoms. The van der Waals surface area contributed by atoms with Gasteiger partial charge in [0.2, 0.25) is 0 Å². The van der Waals surface area contributed by atoms with Gasteiger partial charge >= 0.3 is 0 Å². The summed E-state index contributed by atoms with van der Waals surface area (Å²) in [6, 6.07) is 7.14. The Bertz CT molecular complexity index is 451. The van der Waals surface area contributed by atoms with Gasteiger partial charge in [0.25, 0.3) is 0 Å². The molecule has 0 aliphatic heterocycles. The zero-order chi connectivity index (χ0) is 14.8. The number of hydrogen-bond donors (Lipinski definition) is 0. The van der Waals surface area contributed by atoms with Crippen molar-refractivity contribution in [2.75, 3.05) is 14.2 Å². The third-order valence-corrected chi connectivity index (χ3v) is 5.47. The number of methoxy groups -OCH3 is 1. The molecule has 1 aromatic rings. The molecule has 0 N–H and O–H groups in total. The molecule has 0 heterocycles. The molecule has 2 aliphatic rings. The molecule has 0 amide bonds. The molecular formula is C19H30O. The van der Waals surface area contributed by atoms with E-state index >= 15 is 0 Å². The first-order chi connectivity index (χ1) is 9.52. The van der Waals surface area contributed by atoms with Crippen LogP contribution in [0, 0.1) is 18.8 Å². The van der Waals surface area contributed by atoms with Gasteiger partial charge in [-0.25, -0.2) is 0 Å². The first kappa shape index (κ1) is 15.6. The zero-order valence-corrected chi connectivity index (χ0v) is 13.8. The van der Waals surface area contributed by atoms with Gasteiger partial charge in [-0.2, -0.15) is 0 Å². The van der Waals surface area contributed by atoms with Crippen molar-refractivity contribution in [3.05, 3.63) is 34.9 Å². The predicted molar refractivity (Wildman–Crippen MR) is 86.3 cm³/mol. The normalized spacial score (nSPS) is 31.6. The van der Waals surface area contributed by atoms with Gasteiger partial charge < -0.3 is 4.74 Å². The van der Waals surface area contributed by atoms with Crippen LogP contribution in [0.4, 0.5) is 0 Å². The molecule has 0 bridgehead atoms. The maximum atomic E-state index is 4.25. The number of fused-ring (bicyclic) bond motifs is 3. The van der Waals surface area contributed by atoms with E-state index in [4.69, 9.17) is 0 Å². The standard InChI is InChI=1S/C17H24.C2H6O/c1-12-6-7-14-8-9-15-13(2)5-4-10-17(15,3)16(14)11-12;1-3-2/h6-7,11,13,15H,4-5,8-10H2,1-3H3;1-2H3/t13-,15?,17?;/m0./s1. The second-order valence-corrected chi connectivity index (χ2v) is 7.00. The van der Waals surface area contributed by atoms with Crippen LogP contribution in [0.25, 0.3) is 0 Å². The Hall–Kier alpha value is -0.820. The highest BCUT2D eigenvalue weighted by Gasteiger charge is 2.44. The first-order valence-electron chi connectivity index (χ1n) is 8.03. The number of rotatable bonds is 0. The molecule has 3 atom stereocenters. The summed E-state index contributed by atoms with van der Waals surface area (Å²) in [6.45, 7) is 7.24. The lowest BCUT2D eigenvalue weighted by atomic mass is 9.55. The zero-order valence-electron chi connectivity index (χ0n) is 13.8. The maximum absolute atomic E-state index is 4.25. The monoisotopic (exact) mass is 274 g/mol. The van der Waals surface area contributed by atoms with Crippen LogP contribution >= 0.6 is 0 Å². The molecule has 3 rings (SSSR count). The second kappa shape index (κ2) is 6.30. The Kier molecular flexibility index (Phi) is 4.90. The van der Waals surface area contributed by atoms with Crippen molar-refractivity contribution in [2.45, 2.75) is 58.3 Å². The van der Waals surface area contributed by atoms with Crippen LogP contribution in [-0.4, -0.2) is 14.2 Å². The summed E-state index contributed by atoms with van der Waals surface area (Å²) >= 11 is 0. The molecule has 1 heteroatoms. The van der Waals surface area contributed by atoms with Crippen LogP contribution in [0.1, 0.15) is 56.2 Å². The van der Waals surface area contributed by atoms with Gasteiger partial charge in [0.05, 0.1) is 0 Å². The van der Waals surface area contributed by atoms with Crippen molar-refractivity contribution in [3.8, 4) is 0 Å². The topological polar surface area (TPSA) is 9.23 Å². The van der Waals surface area contributed by atoms with Crippen molar-refractivity contribution in [1.82, 2.24) is 0 Å². The first-order valence-corrected chi connectivity index (χ1v) is 8.03. The fourth-order valence-corrected chi connectivity index (χ4v) is 4.49. The molecular weight excluding hydrogens is 244 g/mol. The minimum atomic E-state index is 0.470. The van der Waals surface area contributed by atoms with E-state index in [1.165, 1.54) is 37.7 Å². The SMILES string of the molecule is COC.Cc1ccc2c(c1)C1(C)CCC[C@H](C)C1CC2. The van der Waals surface area contributed by atoms with Crippen molar-refractivity contribution < 1.29 is 4.74 Å². The van der Waals surface area contributed by atoms with Crippen LogP contribution in [0.2, 0.25) is 0 Å². The highest BCUT2D eigenvalue weighted by atomic mass is 16.4. The van der Waals surface area contributed by atoms with Gasteiger partial charge in [-0.1, -0.05) is 50.5 Å². The highest BCUT2D eigenvalue weighted by molar-refractivity contribution is 5.40. The Labute approximate surface area is 124 Å². The number of benzene rings is 1. The molecule has 0 spiro atoms. The van der Waals surface area contributed by atoms with Gasteiger partial charge in [0.15, 0.2) is 0 Å². The third kappa shape index (κ3) is 2.79. The summed E-state index contributed by atoms with van der Waals surface area (Å²) in [5.74, 6) is 1.84. The summed E-state index contributed by atoms with van der Waals surface area (Å²) in [7, 11) is 3.25. The average molecular weight is 274 g/mol. The number of ether oxygens (including phenoxy) is 1. The van der Waals surface area contributed by atoms with Crippen LogP contribution in [0.3, 0.4) is 0 Å². The largest absolute Gasteiger partial charge is 0.388 e. The van der Waals surface area contributed by atoms with E-state index in [2.05, 4.69) is 43.7 Å². The van der Waals surface area contributed by atoms with Crippen molar-refractivity contribution >= 4 is 0 Å². The molecule has 0 aromatic heterocycles. The Morgan fingerprint density at radius 2 is 1.90 bits per heavy atom. The number of hydrogen-bond acceptors (Lipinski definition) is 1. The van der Waals surface area contributed by atoms with Gasteiger partial charge in [0.1, 0.15) is 0 Å². The molecule has 2 aliphatic carbocycles. The van der Waals surface area contributed by atoms with Gasteiger partial charge in [0, 0.05) is 14.2 Å². The predicted octanol–water partition coefficient (Wildman–Crippen LogP) is 4.90. The smallest absolute Gasteiger partial charge is 0.0351 e. The molecule has 1 fully saturated rings. The summed E-state index contributed by atoms with van der Waals surface area (Å²) in [4.78, 5) is 0. The summed E-state index contributed by atoms with van der Waals surface area (Å²) in [6.07, 6.45) is 6.98. The van der Waals surface area contributed by atoms with Crippen molar-refractivity contribution in [2.24, 2.45) is 11.8 Å². The van der Waals surface area contributed by atoms with E-state index in [0.717, 1.165) is 11.8 Å². The summed E-state index contributed by atoms with van der Waals surface area (Å²) in [5.41, 5.74) is 5.21. The molecule has 112 valence electrons. The molecule has 0 radical (unpaired) electrons. The Morgan fingerprint density at radius 1 is 1.20 bits per heavy atom. The lowest BCUT2D eigenvalue weighted by Gasteiger charge is -2.49. The highest BCUT2D eigenvalue weighted by Crippen LogP contribution is 2.52. The minimum Gasteiger partial charge on any atom is -0.388 e. The van der Waals surface area contributed by atoms with E-state index in [1.54, 1.807) is 25.3 Å². The van der Waals surface area contributed by atoms with Gasteiger partial charge in [-0.05, 0) is 54.6 Å². The average Bonchev–Trinajstić information content (AvgIpc) is 2.40. The Morgan fingerprint density at radius 3 is 2.60 bits per heavy atom. The van der Waals surface area contributed by atoms with Crippen molar-refractivity contribution in [1.29, 1.82) is 0 Å². The fourth-order valence-electron chi connectivity index (χ4n) is 4.49. The molecule has 1 aromatic carbocycles. The third-order valence-electron chi connectivity index (χ3n) is 5.47. The second-order valence-electron chi connectivity index (χ2n) is 7.00. The Balaban J connectivity index is 0.000000452. The van der Waals surface area contributed by atoms with Crippen LogP contribution in [-0.2, 0) is 16.6 Å². The van der Waals surface area contributed by atoms with Crippen LogP contribution in [0.15, 0.2) is 18.2 Å². The van der Waals surface area contributed by atoms with Crippen LogP contribution < -0.4 is 0 Å². The van der Waals surface area contributed by atoms with Gasteiger partial charge in [-0.15, -0.1) is 0 Å². The molecule has 2 unspecified atom stereocenters. The minimum absolute atomic E-state index is 0.470. The van der Waals surface area contributed by atoms with Crippen LogP contribution in [0.5, 0.6) is 0 Å². The molecule has 1 nitrogen and oxygen atoms in total. The maximum Gasteiger partial charge on any atom is 0.0351 e. The fraction of sp³-hybridized carbons (Fsp3) is 0.684. The summed E-state index contributed by atoms with van der Waals surface area (Å²) in [5, 5.41) is 0. The molecule has 0 saturated heterocycles. The van der Waals surface area contributed by atoms with Crippen molar-refractivity contribution in [3.63, 3.8) is 0 Å². The summed E-state index contributed by atoms with van der Waals surface area (Å²) < 4.78 is 4.25. The van der Waals surface area contributed by atoms with Gasteiger partial charge in [-0.3, -0.25) is 0 Å². The lowest BCUT2D eigenvalue weighted by Crippen LogP contribution is -2.43. The molecule has 1 saturated carbocycles. The number of aryl methyl sites for hydroxylation is 2. The van der Waals surface area contributed by atoms with E-state index in [9.17, 15) is 0 Å². The van der Waals surface area contributed by atoms with E-state index < -0.39 is 0 Å². The van der Waals surface area contributed by atoms with E-state index in [0.29, 0.717) is 5.41 Å². The lowest BCUT2D eigenvalue weighted by molar-refractivity contribution is 0.118. The van der Waals surface area contributed by atoms with E-state index in [-0.39, 0.29) is 0 Å². The quantitative estimate of drug-likeness (QED) is 0.654. The van der Waals surface area contributed by atoms with E-state index in [1.807, 2.05) is 0 Å².